The Bertz CT molecular complexity index is 379. The third-order valence-electron chi connectivity index (χ3n) is 2.69. The lowest BCUT2D eigenvalue weighted by Gasteiger charge is -2.23. The van der Waals surface area contributed by atoms with Gasteiger partial charge in [0.15, 0.2) is 0 Å². The molecule has 0 bridgehead atoms. The minimum Gasteiger partial charge on any atom is -0.284 e. The van der Waals surface area contributed by atoms with Gasteiger partial charge in [-0.25, -0.2) is 0 Å². The molecule has 0 amide bonds. The van der Waals surface area contributed by atoms with E-state index in [1.165, 1.54) is 0 Å². The molecule has 0 saturated heterocycles. The van der Waals surface area contributed by atoms with Crippen LogP contribution in [0.5, 0.6) is 0 Å². The average molecular weight is 210 g/mol. The van der Waals surface area contributed by atoms with Crippen molar-refractivity contribution in [3.05, 3.63) is 21.6 Å². The van der Waals surface area contributed by atoms with Crippen molar-refractivity contribution in [2.24, 2.45) is 0 Å². The highest BCUT2D eigenvalue weighted by molar-refractivity contribution is 5.17. The molecule has 1 N–H and O–H groups in total. The maximum Gasteiger partial charge on any atom is 0.267 e. The summed E-state index contributed by atoms with van der Waals surface area (Å²) in [6, 6.07) is 0. The third kappa shape index (κ3) is 2.52. The van der Waals surface area contributed by atoms with Gasteiger partial charge in [0.05, 0.1) is 5.54 Å². The van der Waals surface area contributed by atoms with E-state index in [1.807, 2.05) is 11.6 Å². The van der Waals surface area contributed by atoms with Crippen molar-refractivity contribution in [1.29, 1.82) is 0 Å². The summed E-state index contributed by atoms with van der Waals surface area (Å²) in [4.78, 5) is 11.6. The fraction of sp³-hybridized carbons (Fsp3) is 0.750. The number of aromatic amines is 1. The van der Waals surface area contributed by atoms with Gasteiger partial charge in [0.25, 0.3) is 5.56 Å². The molecule has 0 fully saturated rings. The number of unbranched alkanes of at least 4 members (excludes halogenated alkanes) is 1. The van der Waals surface area contributed by atoms with Crippen LogP contribution in [-0.4, -0.2) is 9.78 Å². The fourth-order valence-electron chi connectivity index (χ4n) is 1.77. The number of rotatable bonds is 3. The number of H-pyrrole nitrogens is 1. The Morgan fingerprint density at radius 3 is 2.40 bits per heavy atom. The standard InChI is InChI=1S/C12H22N2O/c1-6-7-8-10-9(2)11(15)13-14(10)12(3,4)5/h6-8H2,1-5H3,(H,13,15). The zero-order valence-electron chi connectivity index (χ0n) is 10.5. The maximum absolute atomic E-state index is 11.6. The Balaban J connectivity index is 3.16. The lowest BCUT2D eigenvalue weighted by molar-refractivity contribution is 0.340. The largest absolute Gasteiger partial charge is 0.284 e. The number of nitrogens with one attached hydrogen (secondary N) is 1. The van der Waals surface area contributed by atoms with E-state index < -0.39 is 0 Å². The highest BCUT2D eigenvalue weighted by atomic mass is 16.1. The smallest absolute Gasteiger partial charge is 0.267 e. The van der Waals surface area contributed by atoms with E-state index in [-0.39, 0.29) is 11.1 Å². The van der Waals surface area contributed by atoms with Crippen molar-refractivity contribution in [2.75, 3.05) is 0 Å². The quantitative estimate of drug-likeness (QED) is 0.818. The lowest BCUT2D eigenvalue weighted by Crippen LogP contribution is -2.26. The van der Waals surface area contributed by atoms with Crippen LogP contribution >= 0.6 is 0 Å². The third-order valence-corrected chi connectivity index (χ3v) is 2.69. The topological polar surface area (TPSA) is 37.8 Å². The van der Waals surface area contributed by atoms with E-state index in [2.05, 4.69) is 32.8 Å². The average Bonchev–Trinajstić information content (AvgIpc) is 2.40. The second-order valence-corrected chi connectivity index (χ2v) is 5.12. The monoisotopic (exact) mass is 210 g/mol. The zero-order chi connectivity index (χ0) is 11.6. The van der Waals surface area contributed by atoms with Crippen molar-refractivity contribution in [3.63, 3.8) is 0 Å². The molecular weight excluding hydrogens is 188 g/mol. The first kappa shape index (κ1) is 12.1. The highest BCUT2D eigenvalue weighted by Gasteiger charge is 2.20. The molecule has 0 aromatic carbocycles. The van der Waals surface area contributed by atoms with E-state index in [0.29, 0.717) is 0 Å². The highest BCUT2D eigenvalue weighted by Crippen LogP contribution is 2.18. The Hall–Kier alpha value is -0.990. The SMILES string of the molecule is CCCCc1c(C)c(=O)[nH]n1C(C)(C)C. The van der Waals surface area contributed by atoms with Crippen molar-refractivity contribution in [1.82, 2.24) is 9.78 Å². The van der Waals surface area contributed by atoms with Gasteiger partial charge in [0.2, 0.25) is 0 Å². The van der Waals surface area contributed by atoms with Gasteiger partial charge >= 0.3 is 0 Å². The summed E-state index contributed by atoms with van der Waals surface area (Å²) in [5.41, 5.74) is 2.04. The van der Waals surface area contributed by atoms with E-state index in [1.54, 1.807) is 0 Å². The second-order valence-electron chi connectivity index (χ2n) is 5.12. The van der Waals surface area contributed by atoms with Gasteiger partial charge in [0.1, 0.15) is 0 Å². The van der Waals surface area contributed by atoms with E-state index in [0.717, 1.165) is 30.5 Å². The number of aromatic nitrogens is 2. The van der Waals surface area contributed by atoms with E-state index >= 15 is 0 Å². The molecule has 1 heterocycles. The molecule has 86 valence electrons. The molecule has 0 saturated carbocycles. The van der Waals surface area contributed by atoms with Crippen LogP contribution in [0.3, 0.4) is 0 Å². The number of hydrogen-bond acceptors (Lipinski definition) is 1. The molecule has 1 rings (SSSR count). The zero-order valence-corrected chi connectivity index (χ0v) is 10.5. The molecule has 3 heteroatoms. The summed E-state index contributed by atoms with van der Waals surface area (Å²) < 4.78 is 2.01. The first-order valence-electron chi connectivity index (χ1n) is 5.69. The van der Waals surface area contributed by atoms with Crippen molar-refractivity contribution in [3.8, 4) is 0 Å². The molecule has 0 radical (unpaired) electrons. The Kier molecular flexibility index (Phi) is 3.42. The van der Waals surface area contributed by atoms with Crippen molar-refractivity contribution >= 4 is 0 Å². The van der Waals surface area contributed by atoms with Crippen molar-refractivity contribution in [2.45, 2.75) is 59.4 Å². The first-order valence-corrected chi connectivity index (χ1v) is 5.69. The van der Waals surface area contributed by atoms with Crippen LogP contribution in [0, 0.1) is 6.92 Å². The molecular formula is C12H22N2O. The van der Waals surface area contributed by atoms with Crippen LogP contribution in [0.1, 0.15) is 51.8 Å². The van der Waals surface area contributed by atoms with Gasteiger partial charge in [-0.3, -0.25) is 14.6 Å². The van der Waals surface area contributed by atoms with E-state index in [4.69, 9.17) is 0 Å². The molecule has 0 aliphatic heterocycles. The minimum absolute atomic E-state index is 0.0451. The maximum atomic E-state index is 11.6. The molecule has 1 aromatic rings. The summed E-state index contributed by atoms with van der Waals surface area (Å²) in [6.45, 7) is 10.4. The summed E-state index contributed by atoms with van der Waals surface area (Å²) in [5, 5.41) is 2.92. The van der Waals surface area contributed by atoms with Crippen LogP contribution in [0.4, 0.5) is 0 Å². The fourth-order valence-corrected chi connectivity index (χ4v) is 1.77. The molecule has 0 unspecified atom stereocenters. The van der Waals surface area contributed by atoms with Crippen LogP contribution in [-0.2, 0) is 12.0 Å². The minimum atomic E-state index is -0.0451. The Morgan fingerprint density at radius 2 is 1.93 bits per heavy atom. The van der Waals surface area contributed by atoms with Crippen LogP contribution in [0.15, 0.2) is 4.79 Å². The van der Waals surface area contributed by atoms with Crippen LogP contribution < -0.4 is 5.56 Å². The van der Waals surface area contributed by atoms with Crippen molar-refractivity contribution < 1.29 is 0 Å². The molecule has 0 atom stereocenters. The molecule has 0 spiro atoms. The second kappa shape index (κ2) is 4.25. The lowest BCUT2D eigenvalue weighted by atomic mass is 10.1. The first-order chi connectivity index (χ1) is 6.88. The van der Waals surface area contributed by atoms with Gasteiger partial charge in [-0.15, -0.1) is 0 Å². The Labute approximate surface area is 91.5 Å². The van der Waals surface area contributed by atoms with Crippen LogP contribution in [0.25, 0.3) is 0 Å². The van der Waals surface area contributed by atoms with Gasteiger partial charge in [0, 0.05) is 11.3 Å². The number of nitrogens with zero attached hydrogens (tertiary/aromatic N) is 1. The normalized spacial score (nSPS) is 12.1. The molecule has 3 nitrogen and oxygen atoms in total. The molecule has 0 aliphatic rings. The summed E-state index contributed by atoms with van der Waals surface area (Å²) in [7, 11) is 0. The molecule has 1 aromatic heterocycles. The van der Waals surface area contributed by atoms with Gasteiger partial charge in [-0.05, 0) is 40.5 Å². The van der Waals surface area contributed by atoms with Gasteiger partial charge < -0.3 is 0 Å². The predicted molar refractivity (Wildman–Crippen MR) is 63.4 cm³/mol. The number of hydrogen-bond donors (Lipinski definition) is 1. The summed E-state index contributed by atoms with van der Waals surface area (Å²) in [5.74, 6) is 0. The molecule has 0 aliphatic carbocycles. The van der Waals surface area contributed by atoms with Crippen LogP contribution in [0.2, 0.25) is 0 Å². The predicted octanol–water partition coefficient (Wildman–Crippen LogP) is 2.58. The summed E-state index contributed by atoms with van der Waals surface area (Å²) >= 11 is 0. The van der Waals surface area contributed by atoms with Gasteiger partial charge in [-0.2, -0.15) is 0 Å². The molecule has 15 heavy (non-hydrogen) atoms. The Morgan fingerprint density at radius 1 is 1.33 bits per heavy atom. The van der Waals surface area contributed by atoms with E-state index in [9.17, 15) is 4.79 Å². The van der Waals surface area contributed by atoms with Gasteiger partial charge in [-0.1, -0.05) is 13.3 Å². The summed E-state index contributed by atoms with van der Waals surface area (Å²) in [6.07, 6.45) is 3.27.